The molecule has 0 bridgehead atoms. The molecule has 0 aliphatic carbocycles. The molecule has 0 aliphatic heterocycles. The van der Waals surface area contributed by atoms with Crippen LogP contribution in [0.2, 0.25) is 0 Å². The van der Waals surface area contributed by atoms with Gasteiger partial charge in [-0.1, -0.05) is 231 Å². The minimum absolute atomic E-state index is 0.152. The number of hydrogen-bond donors (Lipinski definition) is 0. The number of hydrogen-bond acceptors (Lipinski definition) is 8. The summed E-state index contributed by atoms with van der Waals surface area (Å²) in [7, 11) is 5.92. The molecule has 65 heavy (non-hydrogen) atoms. The molecule has 0 aromatic heterocycles. The van der Waals surface area contributed by atoms with Crippen molar-refractivity contribution in [1.82, 2.24) is 0 Å². The molecule has 0 N–H and O–H groups in total. The van der Waals surface area contributed by atoms with Gasteiger partial charge in [0, 0.05) is 12.8 Å². The lowest BCUT2D eigenvalue weighted by Crippen LogP contribution is -2.44. The molecule has 0 aliphatic rings. The maximum absolute atomic E-state index is 12.8. The predicted octanol–water partition coefficient (Wildman–Crippen LogP) is 14.5. The SMILES string of the molecule is CCCCCCCCCC/C=C\CCCCCCCCCCCCCCCCCCCC(=O)OC(COC(=O)CCCCCCCCCCCCC)COC(OCC[N+](C)(C)C)C(=O)[O-]. The lowest BCUT2D eigenvalue weighted by atomic mass is 10.0. The quantitative estimate of drug-likeness (QED) is 0.0195. The molecule has 384 valence electrons. The third kappa shape index (κ3) is 49.8. The number of likely N-dealkylation sites (N-methyl/N-ethyl adjacent to an activating group) is 1. The first-order valence-electron chi connectivity index (χ1n) is 27.8. The monoisotopic (exact) mass is 922 g/mol. The van der Waals surface area contributed by atoms with Gasteiger partial charge in [0.2, 0.25) is 0 Å². The van der Waals surface area contributed by atoms with Crippen LogP contribution in [0.1, 0.15) is 271 Å². The van der Waals surface area contributed by atoms with Crippen molar-refractivity contribution in [2.24, 2.45) is 0 Å². The Morgan fingerprint density at radius 1 is 0.446 bits per heavy atom. The maximum atomic E-state index is 12.8. The largest absolute Gasteiger partial charge is 0.545 e. The standard InChI is InChI=1S/C56H107NO8/c1-6-8-10-12-14-16-18-19-20-21-22-23-24-25-26-27-28-29-30-31-32-33-34-35-37-39-41-43-45-47-54(59)65-52(51-64-56(55(60)61)62-49-48-57(3,4)5)50-63-53(58)46-44-42-40-38-36-17-15-13-11-9-7-2/h21-22,52,56H,6-20,23-51H2,1-5H3/b22-21-. The zero-order valence-corrected chi connectivity index (χ0v) is 43.6. The average Bonchev–Trinajstić information content (AvgIpc) is 3.27. The molecule has 9 nitrogen and oxygen atoms in total. The minimum atomic E-state index is -1.61. The normalized spacial score (nSPS) is 12.8. The second kappa shape index (κ2) is 48.5. The number of carbonyl (C=O) groups excluding carboxylic acids is 3. The first-order chi connectivity index (χ1) is 31.6. The second-order valence-corrected chi connectivity index (χ2v) is 20.2. The van der Waals surface area contributed by atoms with Crippen molar-refractivity contribution < 1.29 is 42.9 Å². The summed E-state index contributed by atoms with van der Waals surface area (Å²) in [4.78, 5) is 37.1. The van der Waals surface area contributed by atoms with E-state index in [9.17, 15) is 19.5 Å². The summed E-state index contributed by atoms with van der Waals surface area (Å²) in [5.74, 6) is -2.26. The fourth-order valence-electron chi connectivity index (χ4n) is 8.18. The van der Waals surface area contributed by atoms with Crippen molar-refractivity contribution in [2.75, 3.05) is 47.5 Å². The number of aliphatic carboxylic acids is 1. The lowest BCUT2D eigenvalue weighted by Gasteiger charge is -2.26. The smallest absolute Gasteiger partial charge is 0.306 e. The van der Waals surface area contributed by atoms with Gasteiger partial charge in [0.05, 0.1) is 40.3 Å². The van der Waals surface area contributed by atoms with Gasteiger partial charge in [-0.05, 0) is 38.5 Å². The Bertz CT molecular complexity index is 1070. The van der Waals surface area contributed by atoms with E-state index in [1.807, 2.05) is 21.1 Å². The Morgan fingerprint density at radius 3 is 1.14 bits per heavy atom. The molecule has 0 spiro atoms. The van der Waals surface area contributed by atoms with Crippen LogP contribution in [-0.4, -0.2) is 82.3 Å². The first-order valence-corrected chi connectivity index (χ1v) is 27.8. The predicted molar refractivity (Wildman–Crippen MR) is 270 cm³/mol. The number of nitrogens with zero attached hydrogens (tertiary/aromatic N) is 1. The van der Waals surface area contributed by atoms with Crippen LogP contribution in [0.5, 0.6) is 0 Å². The van der Waals surface area contributed by atoms with Gasteiger partial charge in [-0.2, -0.15) is 0 Å². The number of unbranched alkanes of at least 4 members (excludes halogenated alkanes) is 35. The van der Waals surface area contributed by atoms with E-state index in [0.29, 0.717) is 17.4 Å². The highest BCUT2D eigenvalue weighted by Crippen LogP contribution is 2.17. The summed E-state index contributed by atoms with van der Waals surface area (Å²) in [5.41, 5.74) is 0. The number of allylic oxidation sites excluding steroid dienone is 2. The van der Waals surface area contributed by atoms with Gasteiger partial charge in [0.15, 0.2) is 12.4 Å². The molecule has 0 aromatic rings. The van der Waals surface area contributed by atoms with Gasteiger partial charge in [-0.3, -0.25) is 9.59 Å². The zero-order valence-electron chi connectivity index (χ0n) is 43.6. The van der Waals surface area contributed by atoms with Crippen LogP contribution in [0.4, 0.5) is 0 Å². The molecular formula is C56H107NO8. The molecule has 2 atom stereocenters. The lowest BCUT2D eigenvalue weighted by molar-refractivity contribution is -0.870. The summed E-state index contributed by atoms with van der Waals surface area (Å²) in [6, 6.07) is 0. The van der Waals surface area contributed by atoms with E-state index in [4.69, 9.17) is 18.9 Å². The molecule has 0 heterocycles. The highest BCUT2D eigenvalue weighted by molar-refractivity contribution is 5.70. The minimum Gasteiger partial charge on any atom is -0.545 e. The molecule has 0 radical (unpaired) electrons. The molecule has 0 saturated carbocycles. The summed E-state index contributed by atoms with van der Waals surface area (Å²) >= 11 is 0. The Morgan fingerprint density at radius 2 is 0.785 bits per heavy atom. The Hall–Kier alpha value is -1.97. The van der Waals surface area contributed by atoms with Gasteiger partial charge in [-0.15, -0.1) is 0 Å². The summed E-state index contributed by atoms with van der Waals surface area (Å²) in [6.45, 7) is 4.77. The van der Waals surface area contributed by atoms with Crippen molar-refractivity contribution in [3.63, 3.8) is 0 Å². The topological polar surface area (TPSA) is 111 Å². The Labute approximate surface area is 402 Å². The van der Waals surface area contributed by atoms with Gasteiger partial charge < -0.3 is 33.3 Å². The van der Waals surface area contributed by atoms with Crippen molar-refractivity contribution >= 4 is 17.9 Å². The fourth-order valence-corrected chi connectivity index (χ4v) is 8.18. The first kappa shape index (κ1) is 63.0. The van der Waals surface area contributed by atoms with Crippen LogP contribution in [0.25, 0.3) is 0 Å². The molecule has 2 unspecified atom stereocenters. The average molecular weight is 922 g/mol. The van der Waals surface area contributed by atoms with Gasteiger partial charge in [-0.25, -0.2) is 0 Å². The molecule has 0 saturated heterocycles. The third-order valence-corrected chi connectivity index (χ3v) is 12.5. The summed E-state index contributed by atoms with van der Waals surface area (Å²) < 4.78 is 22.6. The van der Waals surface area contributed by atoms with Gasteiger partial charge in [0.1, 0.15) is 13.2 Å². The van der Waals surface area contributed by atoms with Crippen molar-refractivity contribution in [3.8, 4) is 0 Å². The molecule has 9 heteroatoms. The highest BCUT2D eigenvalue weighted by Gasteiger charge is 2.22. The third-order valence-electron chi connectivity index (χ3n) is 12.5. The number of ether oxygens (including phenoxy) is 4. The highest BCUT2D eigenvalue weighted by atomic mass is 16.7. The van der Waals surface area contributed by atoms with Crippen LogP contribution in [-0.2, 0) is 33.3 Å². The molecule has 0 rings (SSSR count). The number of carbonyl (C=O) groups is 3. The Kier molecular flexibility index (Phi) is 47.0. The van der Waals surface area contributed by atoms with Crippen LogP contribution in [0, 0.1) is 0 Å². The van der Waals surface area contributed by atoms with Crippen LogP contribution >= 0.6 is 0 Å². The number of carboxylic acids is 1. The molecule has 0 amide bonds. The molecular weight excluding hydrogens is 815 g/mol. The van der Waals surface area contributed by atoms with E-state index in [2.05, 4.69) is 26.0 Å². The number of carboxylic acid groups (broad SMARTS) is 1. The fraction of sp³-hybridized carbons (Fsp3) is 0.911. The number of rotatable bonds is 52. The Balaban J connectivity index is 4.08. The summed E-state index contributed by atoms with van der Waals surface area (Å²) in [5, 5.41) is 11.7. The van der Waals surface area contributed by atoms with Crippen molar-refractivity contribution in [3.05, 3.63) is 12.2 Å². The van der Waals surface area contributed by atoms with Gasteiger partial charge in [0.25, 0.3) is 0 Å². The zero-order chi connectivity index (χ0) is 47.7. The van der Waals surface area contributed by atoms with Crippen molar-refractivity contribution in [1.29, 1.82) is 0 Å². The summed E-state index contributed by atoms with van der Waals surface area (Å²) in [6.07, 6.45) is 51.3. The van der Waals surface area contributed by atoms with Crippen LogP contribution < -0.4 is 5.11 Å². The van der Waals surface area contributed by atoms with E-state index in [-0.39, 0.29) is 32.2 Å². The number of esters is 2. The van der Waals surface area contributed by atoms with Gasteiger partial charge >= 0.3 is 11.9 Å². The van der Waals surface area contributed by atoms with Crippen LogP contribution in [0.15, 0.2) is 12.2 Å². The van der Waals surface area contributed by atoms with Crippen molar-refractivity contribution in [2.45, 2.75) is 283 Å². The van der Waals surface area contributed by atoms with Crippen LogP contribution in [0.3, 0.4) is 0 Å². The second-order valence-electron chi connectivity index (χ2n) is 20.2. The van der Waals surface area contributed by atoms with E-state index >= 15 is 0 Å². The van der Waals surface area contributed by atoms with E-state index in [0.717, 1.165) is 38.5 Å². The van der Waals surface area contributed by atoms with E-state index in [1.54, 1.807) is 0 Å². The molecule has 0 fully saturated rings. The maximum Gasteiger partial charge on any atom is 0.306 e. The van der Waals surface area contributed by atoms with E-state index in [1.165, 1.54) is 205 Å². The van der Waals surface area contributed by atoms with E-state index < -0.39 is 24.3 Å². The number of quaternary nitrogens is 1. The molecule has 0 aromatic carbocycles.